The number of benzene rings is 1. The Balaban J connectivity index is 1.90. The van der Waals surface area contributed by atoms with Crippen molar-refractivity contribution in [2.45, 2.75) is 31.7 Å². The third kappa shape index (κ3) is 2.69. The molecule has 1 fully saturated rings. The molecule has 25 heavy (non-hydrogen) atoms. The zero-order valence-corrected chi connectivity index (χ0v) is 14.1. The summed E-state index contributed by atoms with van der Waals surface area (Å²) in [5.74, 6) is -0.306. The third-order valence-electron chi connectivity index (χ3n) is 4.93. The van der Waals surface area contributed by atoms with Gasteiger partial charge in [0.05, 0.1) is 16.9 Å². The molecule has 0 N–H and O–H groups in total. The van der Waals surface area contributed by atoms with E-state index >= 15 is 0 Å². The maximum Gasteiger partial charge on any atom is 0.280 e. The highest BCUT2D eigenvalue weighted by Crippen LogP contribution is 2.45. The summed E-state index contributed by atoms with van der Waals surface area (Å²) in [6, 6.07) is 6.58. The van der Waals surface area contributed by atoms with Crippen molar-refractivity contribution in [3.05, 3.63) is 58.7 Å². The molecule has 0 saturated heterocycles. The van der Waals surface area contributed by atoms with E-state index < -0.39 is 6.43 Å². The van der Waals surface area contributed by atoms with Crippen molar-refractivity contribution in [2.24, 2.45) is 4.99 Å². The molecule has 2 heterocycles. The second kappa shape index (κ2) is 5.58. The summed E-state index contributed by atoms with van der Waals surface area (Å²) in [6.45, 7) is 2.26. The highest BCUT2D eigenvalue weighted by Gasteiger charge is 2.46. The summed E-state index contributed by atoms with van der Waals surface area (Å²) in [6.07, 6.45) is 0.690. The Kier molecular flexibility index (Phi) is 3.60. The van der Waals surface area contributed by atoms with Gasteiger partial charge in [-0.05, 0) is 37.5 Å². The van der Waals surface area contributed by atoms with Crippen molar-refractivity contribution in [3.8, 4) is 0 Å². The lowest BCUT2D eigenvalue weighted by molar-refractivity contribution is 0.145. The summed E-state index contributed by atoms with van der Waals surface area (Å²) in [5, 5.41) is 0. The van der Waals surface area contributed by atoms with E-state index in [1.807, 2.05) is 18.0 Å². The smallest absolute Gasteiger partial charge is 0.280 e. The van der Waals surface area contributed by atoms with Crippen LogP contribution in [0.15, 0.2) is 35.5 Å². The number of aryl methyl sites for hydroxylation is 1. The van der Waals surface area contributed by atoms with E-state index in [0.717, 1.165) is 12.8 Å². The van der Waals surface area contributed by atoms with Gasteiger partial charge in [0, 0.05) is 30.9 Å². The molecular weight excluding hydrogens is 327 g/mol. The van der Waals surface area contributed by atoms with Gasteiger partial charge < -0.3 is 4.90 Å². The van der Waals surface area contributed by atoms with E-state index in [9.17, 15) is 13.2 Å². The number of nitrogens with zero attached hydrogens (tertiary/aromatic N) is 3. The van der Waals surface area contributed by atoms with Crippen molar-refractivity contribution in [1.82, 2.24) is 4.98 Å². The summed E-state index contributed by atoms with van der Waals surface area (Å²) in [5.41, 5.74) is 2.43. The highest BCUT2D eigenvalue weighted by atomic mass is 19.3. The molecule has 4 rings (SSSR count). The minimum absolute atomic E-state index is 0.217. The fourth-order valence-corrected chi connectivity index (χ4v) is 3.53. The van der Waals surface area contributed by atoms with Gasteiger partial charge in [-0.1, -0.05) is 12.1 Å². The number of hydrogen-bond donors (Lipinski definition) is 0. The van der Waals surface area contributed by atoms with Crippen molar-refractivity contribution in [2.75, 3.05) is 18.5 Å². The molecule has 1 aromatic heterocycles. The number of halogens is 3. The van der Waals surface area contributed by atoms with E-state index in [4.69, 9.17) is 4.99 Å². The van der Waals surface area contributed by atoms with Crippen LogP contribution in [0.3, 0.4) is 0 Å². The summed E-state index contributed by atoms with van der Waals surface area (Å²) in [7, 11) is 1.86. The number of alkyl halides is 2. The Hall–Kier alpha value is -2.37. The monoisotopic (exact) mass is 345 g/mol. The van der Waals surface area contributed by atoms with Crippen LogP contribution in [0, 0.1) is 12.7 Å². The minimum atomic E-state index is -2.62. The van der Waals surface area contributed by atoms with Gasteiger partial charge in [0.25, 0.3) is 6.43 Å². The topological polar surface area (TPSA) is 28.5 Å². The van der Waals surface area contributed by atoms with Crippen LogP contribution in [0.5, 0.6) is 0 Å². The minimum Gasteiger partial charge on any atom is -0.369 e. The van der Waals surface area contributed by atoms with Gasteiger partial charge in [0.2, 0.25) is 0 Å². The van der Waals surface area contributed by atoms with Crippen molar-refractivity contribution < 1.29 is 13.2 Å². The van der Waals surface area contributed by atoms with E-state index in [2.05, 4.69) is 4.98 Å². The lowest BCUT2D eigenvalue weighted by atomic mass is 9.99. The SMILES string of the molecule is Cc1cc(C2=NC3(CC3)CN(C)c3c(F)cccc32)cnc1C(F)F. The molecule has 1 aromatic carbocycles. The predicted molar refractivity (Wildman–Crippen MR) is 91.2 cm³/mol. The molecule has 2 aromatic rings. The second-order valence-corrected chi connectivity index (χ2v) is 6.90. The largest absolute Gasteiger partial charge is 0.369 e. The van der Waals surface area contributed by atoms with Gasteiger partial charge in [0.1, 0.15) is 11.5 Å². The van der Waals surface area contributed by atoms with E-state index in [0.29, 0.717) is 34.6 Å². The molecule has 3 nitrogen and oxygen atoms in total. The van der Waals surface area contributed by atoms with E-state index in [1.165, 1.54) is 12.3 Å². The molecular formula is C19H18F3N3. The summed E-state index contributed by atoms with van der Waals surface area (Å²) >= 11 is 0. The summed E-state index contributed by atoms with van der Waals surface area (Å²) < 4.78 is 40.5. The van der Waals surface area contributed by atoms with Crippen LogP contribution in [0.1, 0.15) is 41.7 Å². The first-order valence-electron chi connectivity index (χ1n) is 8.25. The van der Waals surface area contributed by atoms with Gasteiger partial charge in [0.15, 0.2) is 0 Å². The van der Waals surface area contributed by atoms with Crippen LogP contribution in [-0.2, 0) is 0 Å². The van der Waals surface area contributed by atoms with Crippen molar-refractivity contribution in [3.63, 3.8) is 0 Å². The average molecular weight is 345 g/mol. The number of hydrogen-bond acceptors (Lipinski definition) is 3. The zero-order chi connectivity index (χ0) is 17.8. The fraction of sp³-hybridized carbons (Fsp3) is 0.368. The number of rotatable bonds is 2. The molecule has 1 saturated carbocycles. The zero-order valence-electron chi connectivity index (χ0n) is 14.1. The number of anilines is 1. The normalized spacial score (nSPS) is 18.2. The molecule has 1 aliphatic carbocycles. The molecule has 6 heteroatoms. The predicted octanol–water partition coefficient (Wildman–Crippen LogP) is 4.29. The average Bonchev–Trinajstić information content (AvgIpc) is 3.32. The number of aromatic nitrogens is 1. The van der Waals surface area contributed by atoms with Crippen LogP contribution < -0.4 is 4.90 Å². The van der Waals surface area contributed by atoms with Gasteiger partial charge in [-0.25, -0.2) is 13.2 Å². The van der Waals surface area contributed by atoms with Crippen molar-refractivity contribution in [1.29, 1.82) is 0 Å². The van der Waals surface area contributed by atoms with Crippen LogP contribution in [0.25, 0.3) is 0 Å². The van der Waals surface area contributed by atoms with Gasteiger partial charge in [-0.15, -0.1) is 0 Å². The van der Waals surface area contributed by atoms with Crippen LogP contribution in [0.2, 0.25) is 0 Å². The Labute approximate surface area is 144 Å². The van der Waals surface area contributed by atoms with Crippen molar-refractivity contribution >= 4 is 11.4 Å². The molecule has 0 bridgehead atoms. The third-order valence-corrected chi connectivity index (χ3v) is 4.93. The Bertz CT molecular complexity index is 872. The van der Waals surface area contributed by atoms with Gasteiger partial charge in [-0.2, -0.15) is 0 Å². The van der Waals surface area contributed by atoms with Crippen LogP contribution >= 0.6 is 0 Å². The van der Waals surface area contributed by atoms with E-state index in [1.54, 1.807) is 19.1 Å². The lowest BCUT2D eigenvalue weighted by Crippen LogP contribution is -2.28. The first-order valence-corrected chi connectivity index (χ1v) is 8.25. The second-order valence-electron chi connectivity index (χ2n) is 6.90. The fourth-order valence-electron chi connectivity index (χ4n) is 3.53. The number of fused-ring (bicyclic) bond motifs is 1. The summed E-state index contributed by atoms with van der Waals surface area (Å²) in [4.78, 5) is 10.8. The lowest BCUT2D eigenvalue weighted by Gasteiger charge is -2.22. The molecule has 0 unspecified atom stereocenters. The maximum absolute atomic E-state index is 14.5. The number of pyridine rings is 1. The standard InChI is InChI=1S/C19H18F3N3/c1-11-8-12(9-23-15(11)18(21)22)16-13-4-3-5-14(20)17(13)25(2)10-19(24-16)6-7-19/h3-5,8-9,18H,6-7,10H2,1-2H3. The molecule has 0 amide bonds. The molecule has 2 aliphatic rings. The molecule has 0 radical (unpaired) electrons. The van der Waals surface area contributed by atoms with Gasteiger partial charge >= 0.3 is 0 Å². The first-order chi connectivity index (χ1) is 11.9. The molecule has 1 aliphatic heterocycles. The number of aliphatic imine (C=N–C) groups is 1. The Morgan fingerprint density at radius 2 is 2.00 bits per heavy atom. The van der Waals surface area contributed by atoms with Crippen LogP contribution in [0.4, 0.5) is 18.9 Å². The molecule has 0 atom stereocenters. The van der Waals surface area contributed by atoms with E-state index in [-0.39, 0.29) is 17.1 Å². The Morgan fingerprint density at radius 3 is 2.64 bits per heavy atom. The number of likely N-dealkylation sites (N-methyl/N-ethyl adjacent to an activating group) is 1. The van der Waals surface area contributed by atoms with Gasteiger partial charge in [-0.3, -0.25) is 9.98 Å². The highest BCUT2D eigenvalue weighted by molar-refractivity contribution is 6.16. The maximum atomic E-state index is 14.5. The number of para-hydroxylation sites is 1. The molecule has 130 valence electrons. The van der Waals surface area contributed by atoms with Crippen LogP contribution in [-0.4, -0.2) is 29.8 Å². The Morgan fingerprint density at radius 1 is 1.24 bits per heavy atom. The quantitative estimate of drug-likeness (QED) is 0.812. The first kappa shape index (κ1) is 16.1. The molecule has 1 spiro atoms.